The number of hydrogen-bond acceptors (Lipinski definition) is 7. The Kier molecular flexibility index (Phi) is 10.3. The summed E-state index contributed by atoms with van der Waals surface area (Å²) in [4.78, 5) is 24.5. The van der Waals surface area contributed by atoms with Gasteiger partial charge in [0.25, 0.3) is 11.8 Å². The van der Waals surface area contributed by atoms with Crippen LogP contribution in [-0.4, -0.2) is 45.9 Å². The maximum Gasteiger partial charge on any atom is 0.259 e. The zero-order chi connectivity index (χ0) is 26.8. The summed E-state index contributed by atoms with van der Waals surface area (Å²) in [5, 5.41) is 6.49. The third-order valence-electron chi connectivity index (χ3n) is 5.01. The van der Waals surface area contributed by atoms with Crippen molar-refractivity contribution < 1.29 is 28.5 Å². The van der Waals surface area contributed by atoms with Gasteiger partial charge in [0.05, 0.1) is 38.6 Å². The second-order valence-electron chi connectivity index (χ2n) is 7.49. The van der Waals surface area contributed by atoms with Crippen molar-refractivity contribution >= 4 is 49.9 Å². The van der Waals surface area contributed by atoms with Crippen molar-refractivity contribution in [3.8, 4) is 23.0 Å². The lowest BCUT2D eigenvalue weighted by Crippen LogP contribution is -2.34. The van der Waals surface area contributed by atoms with Gasteiger partial charge in [-0.25, -0.2) is 5.43 Å². The molecule has 194 valence electrons. The number of carbonyl (C=O) groups is 2. The van der Waals surface area contributed by atoms with Crippen LogP contribution in [0.2, 0.25) is 0 Å². The van der Waals surface area contributed by atoms with E-state index >= 15 is 0 Å². The fourth-order valence-corrected chi connectivity index (χ4v) is 3.99. The molecule has 3 rings (SSSR count). The first-order chi connectivity index (χ1) is 17.8. The van der Waals surface area contributed by atoms with Gasteiger partial charge in [0.15, 0.2) is 23.0 Å². The van der Waals surface area contributed by atoms with Gasteiger partial charge >= 0.3 is 0 Å². The van der Waals surface area contributed by atoms with E-state index in [9.17, 15) is 9.59 Å². The van der Waals surface area contributed by atoms with E-state index in [2.05, 4.69) is 47.7 Å². The Hall–Kier alpha value is -3.57. The number of ether oxygens (including phenoxy) is 4. The smallest absolute Gasteiger partial charge is 0.259 e. The van der Waals surface area contributed by atoms with E-state index in [1.54, 1.807) is 24.3 Å². The van der Waals surface area contributed by atoms with Gasteiger partial charge in [0, 0.05) is 10.0 Å². The maximum absolute atomic E-state index is 12.4. The molecular weight excluding hydrogens is 610 g/mol. The van der Waals surface area contributed by atoms with E-state index in [1.165, 1.54) is 33.6 Å². The number of halogens is 2. The molecule has 0 saturated carbocycles. The summed E-state index contributed by atoms with van der Waals surface area (Å²) in [6, 6.07) is 16.0. The molecule has 0 atom stereocenters. The van der Waals surface area contributed by atoms with Crippen LogP contribution >= 0.6 is 31.9 Å². The lowest BCUT2D eigenvalue weighted by atomic mass is 10.2. The van der Waals surface area contributed by atoms with Gasteiger partial charge in [-0.15, -0.1) is 0 Å². The summed E-state index contributed by atoms with van der Waals surface area (Å²) in [6.07, 6.45) is 1.46. The maximum atomic E-state index is 12.4. The molecule has 0 aliphatic rings. The molecule has 2 N–H and O–H groups in total. The fourth-order valence-electron chi connectivity index (χ4n) is 3.15. The van der Waals surface area contributed by atoms with Crippen LogP contribution in [-0.2, 0) is 11.4 Å². The lowest BCUT2D eigenvalue weighted by molar-refractivity contribution is -0.120. The van der Waals surface area contributed by atoms with Crippen LogP contribution in [0.5, 0.6) is 23.0 Å². The van der Waals surface area contributed by atoms with E-state index < -0.39 is 11.8 Å². The third-order valence-corrected chi connectivity index (χ3v) is 6.12. The third kappa shape index (κ3) is 7.96. The van der Waals surface area contributed by atoms with Crippen molar-refractivity contribution in [1.29, 1.82) is 0 Å². The molecule has 0 unspecified atom stereocenters. The Labute approximate surface area is 231 Å². The SMILES string of the molecule is COc1ccc(C(=O)NCC(=O)NN=Cc2cc(Br)c(OCc3ccc(Br)cc3)c(OC)c2)cc1OC. The first-order valence-electron chi connectivity index (χ1n) is 10.9. The van der Waals surface area contributed by atoms with E-state index in [0.29, 0.717) is 45.2 Å². The molecule has 0 bridgehead atoms. The van der Waals surface area contributed by atoms with Crippen LogP contribution in [0.25, 0.3) is 0 Å². The number of amides is 2. The van der Waals surface area contributed by atoms with E-state index in [-0.39, 0.29) is 6.54 Å². The number of rotatable bonds is 11. The normalized spacial score (nSPS) is 10.6. The van der Waals surface area contributed by atoms with Crippen LogP contribution in [0.3, 0.4) is 0 Å². The zero-order valence-corrected chi connectivity index (χ0v) is 23.5. The van der Waals surface area contributed by atoms with Crippen molar-refractivity contribution in [2.45, 2.75) is 6.61 Å². The molecule has 0 spiro atoms. The largest absolute Gasteiger partial charge is 0.493 e. The Balaban J connectivity index is 1.55. The van der Waals surface area contributed by atoms with Gasteiger partial charge < -0.3 is 24.3 Å². The van der Waals surface area contributed by atoms with Crippen LogP contribution < -0.4 is 29.7 Å². The Bertz CT molecular complexity index is 1280. The number of hydrogen-bond donors (Lipinski definition) is 2. The first kappa shape index (κ1) is 28.0. The monoisotopic (exact) mass is 633 g/mol. The lowest BCUT2D eigenvalue weighted by Gasteiger charge is -2.13. The Morgan fingerprint density at radius 1 is 0.892 bits per heavy atom. The van der Waals surface area contributed by atoms with Gasteiger partial charge in [-0.1, -0.05) is 28.1 Å². The predicted molar refractivity (Wildman–Crippen MR) is 147 cm³/mol. The van der Waals surface area contributed by atoms with Crippen LogP contribution in [0, 0.1) is 0 Å². The van der Waals surface area contributed by atoms with Crippen LogP contribution in [0.4, 0.5) is 0 Å². The molecule has 0 aromatic heterocycles. The topological polar surface area (TPSA) is 107 Å². The molecule has 3 aromatic rings. The van der Waals surface area contributed by atoms with Gasteiger partial charge in [-0.2, -0.15) is 5.10 Å². The van der Waals surface area contributed by atoms with E-state index in [0.717, 1.165) is 10.0 Å². The highest BCUT2D eigenvalue weighted by atomic mass is 79.9. The molecular formula is C26H25Br2N3O6. The highest BCUT2D eigenvalue weighted by Crippen LogP contribution is 2.37. The highest BCUT2D eigenvalue weighted by Gasteiger charge is 2.13. The summed E-state index contributed by atoms with van der Waals surface area (Å²) < 4.78 is 23.4. The Morgan fingerprint density at radius 2 is 1.59 bits per heavy atom. The quantitative estimate of drug-likeness (QED) is 0.234. The average Bonchev–Trinajstić information content (AvgIpc) is 2.91. The average molecular weight is 635 g/mol. The van der Waals surface area contributed by atoms with Crippen molar-refractivity contribution in [3.63, 3.8) is 0 Å². The van der Waals surface area contributed by atoms with E-state index in [1.807, 2.05) is 24.3 Å². The molecule has 0 saturated heterocycles. The number of methoxy groups -OCH3 is 3. The molecule has 9 nitrogen and oxygen atoms in total. The number of carbonyl (C=O) groups excluding carboxylic acids is 2. The molecule has 0 fully saturated rings. The molecule has 2 amide bonds. The van der Waals surface area contributed by atoms with Gasteiger partial charge in [0.1, 0.15) is 6.61 Å². The fraction of sp³-hybridized carbons (Fsp3) is 0.192. The first-order valence-corrected chi connectivity index (χ1v) is 12.5. The zero-order valence-electron chi connectivity index (χ0n) is 20.3. The molecule has 0 aliphatic heterocycles. The summed E-state index contributed by atoms with van der Waals surface area (Å²) in [6.45, 7) is 0.0983. The summed E-state index contributed by atoms with van der Waals surface area (Å²) >= 11 is 6.92. The van der Waals surface area contributed by atoms with E-state index in [4.69, 9.17) is 18.9 Å². The molecule has 37 heavy (non-hydrogen) atoms. The predicted octanol–water partition coefficient (Wildman–Crippen LogP) is 4.70. The molecule has 0 heterocycles. The summed E-state index contributed by atoms with van der Waals surface area (Å²) in [5.74, 6) is 1.03. The van der Waals surface area contributed by atoms with Crippen molar-refractivity contribution in [1.82, 2.24) is 10.7 Å². The molecule has 11 heteroatoms. The highest BCUT2D eigenvalue weighted by molar-refractivity contribution is 9.10. The second-order valence-corrected chi connectivity index (χ2v) is 9.26. The minimum absolute atomic E-state index is 0.264. The molecule has 0 radical (unpaired) electrons. The summed E-state index contributed by atoms with van der Waals surface area (Å²) in [5.41, 5.74) is 4.37. The number of hydrazone groups is 1. The Morgan fingerprint density at radius 3 is 2.27 bits per heavy atom. The van der Waals surface area contributed by atoms with Crippen molar-refractivity contribution in [2.75, 3.05) is 27.9 Å². The minimum atomic E-state index is -0.495. The number of nitrogens with zero attached hydrogens (tertiary/aromatic N) is 1. The molecule has 3 aromatic carbocycles. The number of nitrogens with one attached hydrogen (secondary N) is 2. The minimum Gasteiger partial charge on any atom is -0.493 e. The summed E-state index contributed by atoms with van der Waals surface area (Å²) in [7, 11) is 4.52. The second kappa shape index (κ2) is 13.7. The number of benzene rings is 3. The van der Waals surface area contributed by atoms with Gasteiger partial charge in [-0.05, 0) is 69.5 Å². The molecule has 0 aliphatic carbocycles. The van der Waals surface area contributed by atoms with Crippen LogP contribution in [0.15, 0.2) is 68.6 Å². The standard InChI is InChI=1S/C26H25Br2N3O6/c1-34-21-9-6-18(12-22(21)35-2)26(33)29-14-24(32)31-30-13-17-10-20(28)25(23(11-17)36-3)37-15-16-4-7-19(27)8-5-16/h4-13H,14-15H2,1-3H3,(H,29,33)(H,31,32). The van der Waals surface area contributed by atoms with Gasteiger partial charge in [-0.3, -0.25) is 9.59 Å². The van der Waals surface area contributed by atoms with Gasteiger partial charge in [0.2, 0.25) is 0 Å². The van der Waals surface area contributed by atoms with Crippen LogP contribution in [0.1, 0.15) is 21.5 Å². The van der Waals surface area contributed by atoms with Crippen molar-refractivity contribution in [2.24, 2.45) is 5.10 Å². The van der Waals surface area contributed by atoms with Crippen molar-refractivity contribution in [3.05, 3.63) is 80.2 Å².